The lowest BCUT2D eigenvalue weighted by Gasteiger charge is -2.21. The van der Waals surface area contributed by atoms with Gasteiger partial charge in [0.05, 0.1) is 10.9 Å². The summed E-state index contributed by atoms with van der Waals surface area (Å²) in [6.45, 7) is 0. The third-order valence-corrected chi connectivity index (χ3v) is 5.78. The van der Waals surface area contributed by atoms with E-state index in [1.165, 1.54) is 10.4 Å². The Hall–Kier alpha value is -0.840. The number of nitrogens with one attached hydrogen (secondary N) is 1. The summed E-state index contributed by atoms with van der Waals surface area (Å²) in [4.78, 5) is 13.8. The minimum Gasteiger partial charge on any atom is -0.326 e. The molecular formula is C15H13BrClNOS. The highest BCUT2D eigenvalue weighted by Gasteiger charge is 2.27. The van der Waals surface area contributed by atoms with Crippen molar-refractivity contribution in [3.63, 3.8) is 0 Å². The summed E-state index contributed by atoms with van der Waals surface area (Å²) >= 11 is 11.1. The lowest BCUT2D eigenvalue weighted by atomic mass is 9.87. The van der Waals surface area contributed by atoms with Crippen LogP contribution in [0, 0.1) is 0 Å². The second-order valence-corrected chi connectivity index (χ2v) is 7.12. The number of fused-ring (bicyclic) bond motifs is 1. The maximum Gasteiger partial charge on any atom is 0.231 e. The quantitative estimate of drug-likeness (QED) is 0.771. The molecule has 20 heavy (non-hydrogen) atoms. The predicted octanol–water partition coefficient (Wildman–Crippen LogP) is 5.22. The van der Waals surface area contributed by atoms with Crippen LogP contribution in [0.1, 0.15) is 29.2 Å². The molecule has 0 aliphatic heterocycles. The molecule has 0 radical (unpaired) electrons. The summed E-state index contributed by atoms with van der Waals surface area (Å²) in [6.07, 6.45) is 3.09. The Morgan fingerprint density at radius 3 is 3.05 bits per heavy atom. The molecule has 1 unspecified atom stereocenters. The van der Waals surface area contributed by atoms with Crippen LogP contribution in [0.3, 0.4) is 0 Å². The zero-order chi connectivity index (χ0) is 14.1. The minimum atomic E-state index is -0.0348. The fraction of sp³-hybridized carbons (Fsp3) is 0.267. The molecule has 1 N–H and O–H groups in total. The molecular weight excluding hydrogens is 358 g/mol. The van der Waals surface area contributed by atoms with Gasteiger partial charge in [0.25, 0.3) is 0 Å². The molecule has 1 aromatic carbocycles. The number of halogens is 2. The number of benzene rings is 1. The third kappa shape index (κ3) is 2.78. The molecule has 0 spiro atoms. The van der Waals surface area contributed by atoms with E-state index >= 15 is 0 Å². The average molecular weight is 371 g/mol. The van der Waals surface area contributed by atoms with E-state index in [1.54, 1.807) is 17.4 Å². The topological polar surface area (TPSA) is 29.1 Å². The van der Waals surface area contributed by atoms with Gasteiger partial charge in [0, 0.05) is 15.0 Å². The summed E-state index contributed by atoms with van der Waals surface area (Å²) < 4.78 is 0.829. The first kappa shape index (κ1) is 14.1. The van der Waals surface area contributed by atoms with Crippen molar-refractivity contribution < 1.29 is 4.79 Å². The number of amides is 1. The van der Waals surface area contributed by atoms with Crippen LogP contribution in [0.4, 0.5) is 5.69 Å². The number of carbonyl (C=O) groups excluding carboxylic acids is 1. The number of hydrogen-bond acceptors (Lipinski definition) is 2. The van der Waals surface area contributed by atoms with Gasteiger partial charge in [-0.05, 0) is 70.4 Å². The van der Waals surface area contributed by atoms with Gasteiger partial charge in [-0.25, -0.2) is 0 Å². The largest absolute Gasteiger partial charge is 0.326 e. The van der Waals surface area contributed by atoms with Gasteiger partial charge in [-0.2, -0.15) is 0 Å². The number of hydrogen-bond donors (Lipinski definition) is 1. The van der Waals surface area contributed by atoms with Crippen LogP contribution in [-0.4, -0.2) is 5.91 Å². The molecule has 1 aliphatic rings. The van der Waals surface area contributed by atoms with Gasteiger partial charge in [-0.3, -0.25) is 4.79 Å². The van der Waals surface area contributed by atoms with E-state index in [-0.39, 0.29) is 11.8 Å². The molecule has 1 heterocycles. The molecule has 1 aliphatic carbocycles. The molecule has 1 amide bonds. The summed E-state index contributed by atoms with van der Waals surface area (Å²) in [5.41, 5.74) is 1.94. The number of anilines is 1. The minimum absolute atomic E-state index is 0.0348. The van der Waals surface area contributed by atoms with E-state index in [2.05, 4.69) is 32.7 Å². The fourth-order valence-electron chi connectivity index (χ4n) is 2.56. The van der Waals surface area contributed by atoms with Crippen molar-refractivity contribution in [3.05, 3.63) is 49.6 Å². The highest BCUT2D eigenvalue weighted by molar-refractivity contribution is 9.10. The lowest BCUT2D eigenvalue weighted by Crippen LogP contribution is -2.23. The number of rotatable bonds is 2. The molecule has 0 bridgehead atoms. The van der Waals surface area contributed by atoms with Gasteiger partial charge in [0.15, 0.2) is 0 Å². The van der Waals surface area contributed by atoms with Crippen molar-refractivity contribution in [1.82, 2.24) is 0 Å². The second-order valence-electron chi connectivity index (χ2n) is 4.86. The Morgan fingerprint density at radius 2 is 2.25 bits per heavy atom. The zero-order valence-corrected chi connectivity index (χ0v) is 13.8. The lowest BCUT2D eigenvalue weighted by molar-refractivity contribution is -0.117. The van der Waals surface area contributed by atoms with Gasteiger partial charge in [0.1, 0.15) is 0 Å². The SMILES string of the molecule is O=C(Nc1ccc(Br)c(Cl)c1)C1CCCc2sccc21. The van der Waals surface area contributed by atoms with Crippen LogP contribution in [0.2, 0.25) is 5.02 Å². The van der Waals surface area contributed by atoms with Gasteiger partial charge >= 0.3 is 0 Å². The zero-order valence-electron chi connectivity index (χ0n) is 10.7. The van der Waals surface area contributed by atoms with Crippen LogP contribution < -0.4 is 5.32 Å². The molecule has 3 rings (SSSR count). The summed E-state index contributed by atoms with van der Waals surface area (Å²) in [7, 11) is 0. The van der Waals surface area contributed by atoms with Crippen molar-refractivity contribution in [2.75, 3.05) is 5.32 Å². The molecule has 1 aromatic heterocycles. The predicted molar refractivity (Wildman–Crippen MR) is 87.8 cm³/mol. The van der Waals surface area contributed by atoms with E-state index in [0.717, 1.165) is 29.4 Å². The molecule has 5 heteroatoms. The normalized spacial score (nSPS) is 17.6. The molecule has 2 nitrogen and oxygen atoms in total. The van der Waals surface area contributed by atoms with Gasteiger partial charge < -0.3 is 5.32 Å². The molecule has 0 fully saturated rings. The van der Waals surface area contributed by atoms with Crippen LogP contribution in [-0.2, 0) is 11.2 Å². The Bertz CT molecular complexity index is 655. The second kappa shape index (κ2) is 5.88. The van der Waals surface area contributed by atoms with Crippen molar-refractivity contribution in [2.24, 2.45) is 0 Å². The van der Waals surface area contributed by atoms with Crippen molar-refractivity contribution >= 4 is 50.5 Å². The monoisotopic (exact) mass is 369 g/mol. The van der Waals surface area contributed by atoms with Crippen molar-refractivity contribution in [2.45, 2.75) is 25.2 Å². The Labute approximate surface area is 135 Å². The summed E-state index contributed by atoms with van der Waals surface area (Å²) in [5.74, 6) is 0.0233. The average Bonchev–Trinajstić information content (AvgIpc) is 2.91. The maximum atomic E-state index is 12.5. The highest BCUT2D eigenvalue weighted by Crippen LogP contribution is 2.36. The van der Waals surface area contributed by atoms with E-state index < -0.39 is 0 Å². The molecule has 0 saturated carbocycles. The first-order valence-electron chi connectivity index (χ1n) is 6.47. The van der Waals surface area contributed by atoms with Gasteiger partial charge in [0.2, 0.25) is 5.91 Å². The maximum absolute atomic E-state index is 12.5. The molecule has 0 saturated heterocycles. The van der Waals surface area contributed by atoms with Gasteiger partial charge in [-0.1, -0.05) is 11.6 Å². The van der Waals surface area contributed by atoms with Crippen molar-refractivity contribution in [1.29, 1.82) is 0 Å². The third-order valence-electron chi connectivity index (χ3n) is 3.56. The molecule has 2 aromatic rings. The number of thiophene rings is 1. The van der Waals surface area contributed by atoms with E-state index in [9.17, 15) is 4.79 Å². The van der Waals surface area contributed by atoms with Crippen LogP contribution in [0.25, 0.3) is 0 Å². The molecule has 104 valence electrons. The number of aryl methyl sites for hydroxylation is 1. The van der Waals surface area contributed by atoms with E-state index in [0.29, 0.717) is 5.02 Å². The Balaban J connectivity index is 1.79. The number of carbonyl (C=O) groups is 1. The first-order valence-corrected chi connectivity index (χ1v) is 8.52. The standard InChI is InChI=1S/C15H13BrClNOS/c16-12-5-4-9(8-13(12)17)18-15(19)11-2-1-3-14-10(11)6-7-20-14/h4-8,11H,1-3H2,(H,18,19). The Morgan fingerprint density at radius 1 is 1.40 bits per heavy atom. The van der Waals surface area contributed by atoms with E-state index in [1.807, 2.05) is 12.1 Å². The fourth-order valence-corrected chi connectivity index (χ4v) is 3.98. The van der Waals surface area contributed by atoms with Crippen LogP contribution >= 0.6 is 38.9 Å². The van der Waals surface area contributed by atoms with Gasteiger partial charge in [-0.15, -0.1) is 11.3 Å². The summed E-state index contributed by atoms with van der Waals surface area (Å²) in [5, 5.41) is 5.65. The van der Waals surface area contributed by atoms with Crippen LogP contribution in [0.5, 0.6) is 0 Å². The first-order chi connectivity index (χ1) is 9.65. The summed E-state index contributed by atoms with van der Waals surface area (Å²) in [6, 6.07) is 7.54. The Kier molecular flexibility index (Phi) is 4.15. The van der Waals surface area contributed by atoms with Crippen molar-refractivity contribution in [3.8, 4) is 0 Å². The highest BCUT2D eigenvalue weighted by atomic mass is 79.9. The van der Waals surface area contributed by atoms with E-state index in [4.69, 9.17) is 11.6 Å². The molecule has 1 atom stereocenters. The van der Waals surface area contributed by atoms with Crippen LogP contribution in [0.15, 0.2) is 34.1 Å². The smallest absolute Gasteiger partial charge is 0.231 e.